The normalized spacial score (nSPS) is 11.3. The molecule has 0 aliphatic rings. The summed E-state index contributed by atoms with van der Waals surface area (Å²) in [6, 6.07) is 80.3. The average Bonchev–Trinajstić information content (AvgIpc) is 2.95. The van der Waals surface area contributed by atoms with Crippen molar-refractivity contribution in [1.82, 2.24) is 0 Å². The number of aryl methyl sites for hydroxylation is 14. The molecule has 0 saturated heterocycles. The predicted octanol–water partition coefficient (Wildman–Crippen LogP) is 18.5. The molecule has 8 aromatic carbocycles. The van der Waals surface area contributed by atoms with Crippen LogP contribution in [0.4, 0.5) is 0 Å². The van der Waals surface area contributed by atoms with Crippen LogP contribution in [0.2, 0.25) is 0 Å². The zero-order valence-corrected chi connectivity index (χ0v) is 52.5. The highest BCUT2D eigenvalue weighted by atomic mass is 14.9. The van der Waals surface area contributed by atoms with Gasteiger partial charge < -0.3 is 0 Å². The van der Waals surface area contributed by atoms with Crippen LogP contribution in [0.3, 0.4) is 0 Å². The topological polar surface area (TPSA) is 15.5 Å². The summed E-state index contributed by atoms with van der Waals surface area (Å²) in [6.45, 7) is 17.2. The summed E-state index contributed by atoms with van der Waals surface area (Å²) in [7, 11) is 8.38. The molecule has 86 heavy (non-hydrogen) atoms. The van der Waals surface area contributed by atoms with Gasteiger partial charge in [-0.1, -0.05) is 192 Å². The fraction of sp³-hybridized carbons (Fsp3) is 0.171. The Labute approximate surface area is 517 Å². The van der Waals surface area contributed by atoms with E-state index >= 15 is 0 Å². The zero-order chi connectivity index (χ0) is 63.5. The molecule has 4 nitrogen and oxygen atoms in total. The molecule has 0 unspecified atom stereocenters. The molecule has 428 valence electrons. The van der Waals surface area contributed by atoms with Crippen molar-refractivity contribution in [1.29, 1.82) is 0 Å². The fourth-order valence-electron chi connectivity index (χ4n) is 11.5. The highest BCUT2D eigenvalue weighted by Crippen LogP contribution is 2.31. The van der Waals surface area contributed by atoms with Crippen LogP contribution in [0.1, 0.15) is 59.7 Å². The lowest BCUT2D eigenvalue weighted by atomic mass is 9.97. The minimum atomic E-state index is -2.07. The molecular formula is C82H84N4+4. The van der Waals surface area contributed by atoms with Crippen LogP contribution >= 0.6 is 0 Å². The summed E-state index contributed by atoms with van der Waals surface area (Å²) < 4.78 is 31.4. The largest absolute Gasteiger partial charge is 0.212 e. The number of nitrogens with zero attached hydrogens (tertiary/aromatic N) is 4. The Balaban J connectivity index is 0.000000141. The van der Waals surface area contributed by atoms with Gasteiger partial charge in [0.2, 0.25) is 22.8 Å². The molecular weight excluding hydrogens is 1040 g/mol. The van der Waals surface area contributed by atoms with Crippen LogP contribution in [0.15, 0.2) is 255 Å². The van der Waals surface area contributed by atoms with Crippen molar-refractivity contribution in [3.8, 4) is 89.5 Å². The van der Waals surface area contributed by atoms with E-state index in [-0.39, 0.29) is 0 Å². The van der Waals surface area contributed by atoms with E-state index < -0.39 is 6.85 Å². The van der Waals surface area contributed by atoms with Crippen molar-refractivity contribution >= 4 is 0 Å². The van der Waals surface area contributed by atoms with Gasteiger partial charge in [0, 0.05) is 72.9 Å². The first-order valence-electron chi connectivity index (χ1n) is 31.2. The molecule has 4 heterocycles. The molecule has 12 aromatic rings. The van der Waals surface area contributed by atoms with Crippen LogP contribution in [-0.2, 0) is 28.2 Å². The lowest BCUT2D eigenvalue weighted by Crippen LogP contribution is -2.31. The molecule has 12 rings (SSSR count). The van der Waals surface area contributed by atoms with Gasteiger partial charge in [0.25, 0.3) is 0 Å². The zero-order valence-electron chi connectivity index (χ0n) is 55.5. The first-order valence-corrected chi connectivity index (χ1v) is 29.7. The fourth-order valence-corrected chi connectivity index (χ4v) is 11.5. The minimum absolute atomic E-state index is 0.382. The van der Waals surface area contributed by atoms with Gasteiger partial charge in [0.05, 0.1) is 0 Å². The van der Waals surface area contributed by atoms with Gasteiger partial charge in [-0.15, -0.1) is 0 Å². The van der Waals surface area contributed by atoms with Crippen LogP contribution < -0.4 is 18.3 Å². The monoisotopic (exact) mass is 1130 g/mol. The summed E-state index contributed by atoms with van der Waals surface area (Å²) in [4.78, 5) is 0. The Hall–Kier alpha value is -9.64. The van der Waals surface area contributed by atoms with E-state index in [0.29, 0.717) is 5.56 Å². The van der Waals surface area contributed by atoms with E-state index in [2.05, 4.69) is 308 Å². The van der Waals surface area contributed by atoms with Gasteiger partial charge in [-0.2, -0.15) is 0 Å². The third-order valence-corrected chi connectivity index (χ3v) is 16.1. The third-order valence-electron chi connectivity index (χ3n) is 16.1. The molecule has 0 saturated carbocycles. The van der Waals surface area contributed by atoms with E-state index in [4.69, 9.17) is 4.11 Å². The Kier molecular flexibility index (Phi) is 18.4. The van der Waals surface area contributed by atoms with Crippen LogP contribution in [0.25, 0.3) is 89.5 Å². The molecule has 0 radical (unpaired) electrons. The highest BCUT2D eigenvalue weighted by molar-refractivity contribution is 5.72. The first kappa shape index (κ1) is 56.8. The summed E-state index contributed by atoms with van der Waals surface area (Å²) in [5.41, 5.74) is 31.5. The molecule has 4 heteroatoms. The Morgan fingerprint density at radius 3 is 0.791 bits per heavy atom. The average molecular weight is 1130 g/mol. The summed E-state index contributed by atoms with van der Waals surface area (Å²) in [5.74, 6) is 0. The van der Waals surface area contributed by atoms with Crippen molar-refractivity contribution in [2.45, 2.75) is 69.2 Å². The minimum Gasteiger partial charge on any atom is -0.200 e. The SMILES string of the molecule is Cc1ccc(-c2cc(C)c(-c3ccccc3)c[n+]2C)c(C)c1.Cc1ccc(-c2cc(C)c(-c3ccccc3)c[n+]2C)c(C)c1.Cc1ccc(-c2ccc(-c3ccccc3)c[n+]2C)c(C)c1.[2H]C([2H])([2H])c1ccc(-c2ccc(-c3ccccc3)c[n+]2C)c(C)c1. The molecule has 0 bridgehead atoms. The van der Waals surface area contributed by atoms with Crippen LogP contribution in [0.5, 0.6) is 0 Å². The lowest BCUT2D eigenvalue weighted by molar-refractivity contribution is -0.660. The van der Waals surface area contributed by atoms with Gasteiger partial charge in [-0.05, 0) is 161 Å². The maximum Gasteiger partial charge on any atom is 0.212 e. The summed E-state index contributed by atoms with van der Waals surface area (Å²) >= 11 is 0. The maximum absolute atomic E-state index is 7.54. The number of aromatic nitrogens is 4. The molecule has 0 amide bonds. The number of hydrogen-bond donors (Lipinski definition) is 0. The quantitative estimate of drug-likeness (QED) is 0.135. The van der Waals surface area contributed by atoms with E-state index in [1.165, 1.54) is 117 Å². The number of rotatable bonds is 8. The van der Waals surface area contributed by atoms with Gasteiger partial charge in [-0.3, -0.25) is 0 Å². The van der Waals surface area contributed by atoms with E-state index in [1.807, 2.05) is 44.3 Å². The predicted molar refractivity (Wildman–Crippen MR) is 361 cm³/mol. The molecule has 0 atom stereocenters. The summed E-state index contributed by atoms with van der Waals surface area (Å²) in [6.07, 6.45) is 8.77. The second-order valence-electron chi connectivity index (χ2n) is 23.0. The molecule has 0 aliphatic heterocycles. The maximum atomic E-state index is 7.54. The lowest BCUT2D eigenvalue weighted by Gasteiger charge is -2.10. The van der Waals surface area contributed by atoms with Gasteiger partial charge in [0.15, 0.2) is 24.8 Å². The van der Waals surface area contributed by atoms with Crippen molar-refractivity contribution in [3.05, 3.63) is 311 Å². The molecule has 0 aliphatic carbocycles. The second-order valence-corrected chi connectivity index (χ2v) is 23.0. The van der Waals surface area contributed by atoms with E-state index in [1.54, 1.807) is 12.1 Å². The second kappa shape index (κ2) is 27.8. The van der Waals surface area contributed by atoms with Gasteiger partial charge >= 0.3 is 0 Å². The Morgan fingerprint density at radius 1 is 0.221 bits per heavy atom. The van der Waals surface area contributed by atoms with Crippen molar-refractivity contribution < 1.29 is 22.4 Å². The first-order chi connectivity index (χ1) is 42.6. The van der Waals surface area contributed by atoms with Crippen LogP contribution in [-0.4, -0.2) is 0 Å². The van der Waals surface area contributed by atoms with E-state index in [9.17, 15) is 0 Å². The summed E-state index contributed by atoms with van der Waals surface area (Å²) in [5, 5.41) is 0. The number of pyridine rings is 4. The molecule has 4 aromatic heterocycles. The van der Waals surface area contributed by atoms with E-state index in [0.717, 1.165) is 22.4 Å². The van der Waals surface area contributed by atoms with Crippen molar-refractivity contribution in [2.24, 2.45) is 28.2 Å². The molecule has 0 N–H and O–H groups in total. The smallest absolute Gasteiger partial charge is 0.200 e. The number of benzene rings is 8. The van der Waals surface area contributed by atoms with Gasteiger partial charge in [-0.25, -0.2) is 18.3 Å². The van der Waals surface area contributed by atoms with Gasteiger partial charge in [0.1, 0.15) is 28.2 Å². The van der Waals surface area contributed by atoms with Crippen molar-refractivity contribution in [2.75, 3.05) is 0 Å². The Morgan fingerprint density at radius 2 is 0.488 bits per heavy atom. The molecule has 0 fully saturated rings. The molecule has 0 spiro atoms. The standard InChI is InChI=1S/2C21H22N.2C20H20N/c2*1-15-10-11-19(16(2)12-15)21-13-17(3)20(14-22(21)4)18-8-6-5-7-9-18;2*1-15-9-11-19(16(2)13-15)20-12-10-18(14-21(20)3)17-7-5-4-6-8-17/h2*5-14H,1-4H3;2*4-14H,1-3H3/q4*+1/i;;1D3;. The number of hydrogen-bond acceptors (Lipinski definition) is 0. The third kappa shape index (κ3) is 14.8. The van der Waals surface area contributed by atoms with Crippen molar-refractivity contribution in [3.63, 3.8) is 0 Å². The Bertz CT molecular complexity index is 4280. The van der Waals surface area contributed by atoms with Crippen LogP contribution in [0, 0.1) is 69.2 Å². The highest BCUT2D eigenvalue weighted by Gasteiger charge is 2.20.